The summed E-state index contributed by atoms with van der Waals surface area (Å²) in [5.41, 5.74) is 2.04. The van der Waals surface area contributed by atoms with Crippen LogP contribution in [0.25, 0.3) is 11.5 Å². The lowest BCUT2D eigenvalue weighted by atomic mass is 10.1. The maximum atomic E-state index is 10.9. The third-order valence-electron chi connectivity index (χ3n) is 2.17. The maximum absolute atomic E-state index is 10.9. The van der Waals surface area contributed by atoms with Crippen LogP contribution in [0.2, 0.25) is 0 Å². The number of ketones is 1. The minimum absolute atomic E-state index is 0.0243. The first-order valence-electron chi connectivity index (χ1n) is 5.04. The number of aromatic nitrogens is 2. The zero-order valence-corrected chi connectivity index (χ0v) is 9.23. The van der Waals surface area contributed by atoms with Crippen molar-refractivity contribution < 1.29 is 9.32 Å². The molecule has 0 aliphatic rings. The number of carbonyl (C=O) groups is 1. The number of aryl methyl sites for hydroxylation is 1. The zero-order valence-electron chi connectivity index (χ0n) is 9.23. The molecule has 4 heteroatoms. The number of benzene rings is 1. The highest BCUT2D eigenvalue weighted by molar-refractivity contribution is 5.77. The minimum atomic E-state index is 0.0243. The molecular formula is C12H12N2O2. The van der Waals surface area contributed by atoms with Gasteiger partial charge in [0.25, 0.3) is 5.89 Å². The average Bonchev–Trinajstić information content (AvgIpc) is 2.66. The van der Waals surface area contributed by atoms with Crippen molar-refractivity contribution in [1.29, 1.82) is 0 Å². The second-order valence-electron chi connectivity index (χ2n) is 3.76. The van der Waals surface area contributed by atoms with Crippen molar-refractivity contribution in [3.05, 3.63) is 35.7 Å². The Kier molecular flexibility index (Phi) is 2.81. The minimum Gasteiger partial charge on any atom is -0.334 e. The van der Waals surface area contributed by atoms with Crippen LogP contribution in [0, 0.1) is 6.92 Å². The van der Waals surface area contributed by atoms with Gasteiger partial charge in [-0.15, -0.1) is 0 Å². The van der Waals surface area contributed by atoms with E-state index in [2.05, 4.69) is 10.1 Å². The topological polar surface area (TPSA) is 56.0 Å². The van der Waals surface area contributed by atoms with E-state index in [9.17, 15) is 4.79 Å². The summed E-state index contributed by atoms with van der Waals surface area (Å²) in [6, 6.07) is 7.79. The molecule has 1 aromatic heterocycles. The van der Waals surface area contributed by atoms with Gasteiger partial charge in [-0.3, -0.25) is 4.79 Å². The summed E-state index contributed by atoms with van der Waals surface area (Å²) in [7, 11) is 0. The Balaban J connectivity index is 2.24. The second-order valence-corrected chi connectivity index (χ2v) is 3.76. The number of carbonyl (C=O) groups excluding carboxylic acids is 1. The number of hydrogen-bond acceptors (Lipinski definition) is 4. The average molecular weight is 216 g/mol. The van der Waals surface area contributed by atoms with Crippen LogP contribution < -0.4 is 0 Å². The van der Waals surface area contributed by atoms with Crippen LogP contribution in [0.4, 0.5) is 0 Å². The molecule has 0 N–H and O–H groups in total. The van der Waals surface area contributed by atoms with Crippen LogP contribution in [-0.2, 0) is 11.2 Å². The van der Waals surface area contributed by atoms with Gasteiger partial charge in [0.2, 0.25) is 0 Å². The van der Waals surface area contributed by atoms with Crippen LogP contribution in [0.1, 0.15) is 18.3 Å². The first-order chi connectivity index (χ1) is 7.65. The van der Waals surface area contributed by atoms with E-state index in [0.717, 1.165) is 5.56 Å². The molecule has 0 bridgehead atoms. The van der Waals surface area contributed by atoms with E-state index in [4.69, 9.17) is 4.52 Å². The van der Waals surface area contributed by atoms with Crippen molar-refractivity contribution >= 4 is 5.78 Å². The fourth-order valence-electron chi connectivity index (χ4n) is 1.36. The largest absolute Gasteiger partial charge is 0.334 e. The Hall–Kier alpha value is -1.97. The van der Waals surface area contributed by atoms with E-state index in [1.165, 1.54) is 12.5 Å². The molecule has 0 amide bonds. The van der Waals surface area contributed by atoms with Gasteiger partial charge in [0.1, 0.15) is 5.78 Å². The van der Waals surface area contributed by atoms with E-state index in [-0.39, 0.29) is 12.2 Å². The smallest absolute Gasteiger partial charge is 0.257 e. The van der Waals surface area contributed by atoms with Crippen molar-refractivity contribution in [2.45, 2.75) is 20.3 Å². The molecule has 82 valence electrons. The van der Waals surface area contributed by atoms with E-state index < -0.39 is 0 Å². The molecule has 1 aromatic carbocycles. The Morgan fingerprint density at radius 1 is 1.31 bits per heavy atom. The second kappa shape index (κ2) is 4.26. The maximum Gasteiger partial charge on any atom is 0.257 e. The van der Waals surface area contributed by atoms with Gasteiger partial charge in [-0.25, -0.2) is 0 Å². The molecule has 0 unspecified atom stereocenters. The van der Waals surface area contributed by atoms with Crippen molar-refractivity contribution in [2.24, 2.45) is 0 Å². The van der Waals surface area contributed by atoms with E-state index in [1.54, 1.807) is 0 Å². The van der Waals surface area contributed by atoms with Gasteiger partial charge in [-0.1, -0.05) is 22.9 Å². The van der Waals surface area contributed by atoms with Crippen LogP contribution in [0.3, 0.4) is 0 Å². The summed E-state index contributed by atoms with van der Waals surface area (Å²) < 4.78 is 5.08. The number of nitrogens with zero attached hydrogens (tertiary/aromatic N) is 2. The SMILES string of the molecule is CC(=O)Cc1noc(-c2ccc(C)cc2)n1. The Morgan fingerprint density at radius 2 is 2.00 bits per heavy atom. The lowest BCUT2D eigenvalue weighted by Gasteiger charge is -1.94. The first-order valence-corrected chi connectivity index (χ1v) is 5.04. The highest BCUT2D eigenvalue weighted by Crippen LogP contribution is 2.17. The monoisotopic (exact) mass is 216 g/mol. The Morgan fingerprint density at radius 3 is 2.62 bits per heavy atom. The van der Waals surface area contributed by atoms with Gasteiger partial charge in [0.05, 0.1) is 6.42 Å². The van der Waals surface area contributed by atoms with Gasteiger partial charge < -0.3 is 4.52 Å². The van der Waals surface area contributed by atoms with Crippen LogP contribution in [0.5, 0.6) is 0 Å². The van der Waals surface area contributed by atoms with Crippen LogP contribution in [-0.4, -0.2) is 15.9 Å². The molecule has 0 aliphatic heterocycles. The molecule has 2 aromatic rings. The van der Waals surface area contributed by atoms with Crippen molar-refractivity contribution in [1.82, 2.24) is 10.1 Å². The Bertz CT molecular complexity index is 500. The third-order valence-corrected chi connectivity index (χ3v) is 2.17. The van der Waals surface area contributed by atoms with Gasteiger partial charge in [0, 0.05) is 5.56 Å². The molecule has 0 aliphatic carbocycles. The molecule has 0 spiro atoms. The summed E-state index contributed by atoms with van der Waals surface area (Å²) in [5, 5.41) is 3.75. The van der Waals surface area contributed by atoms with Gasteiger partial charge in [-0.2, -0.15) is 4.98 Å². The molecule has 4 nitrogen and oxygen atoms in total. The number of hydrogen-bond donors (Lipinski definition) is 0. The lowest BCUT2D eigenvalue weighted by Crippen LogP contribution is -1.97. The zero-order chi connectivity index (χ0) is 11.5. The first kappa shape index (κ1) is 10.5. The van der Waals surface area contributed by atoms with E-state index in [0.29, 0.717) is 11.7 Å². The van der Waals surface area contributed by atoms with E-state index in [1.807, 2.05) is 31.2 Å². The predicted octanol–water partition coefficient (Wildman–Crippen LogP) is 2.18. The van der Waals surface area contributed by atoms with E-state index >= 15 is 0 Å². The summed E-state index contributed by atoms with van der Waals surface area (Å²) in [4.78, 5) is 15.0. The van der Waals surface area contributed by atoms with Gasteiger partial charge in [0.15, 0.2) is 5.82 Å². The lowest BCUT2D eigenvalue weighted by molar-refractivity contribution is -0.116. The van der Waals surface area contributed by atoms with Crippen LogP contribution >= 0.6 is 0 Å². The molecule has 2 rings (SSSR count). The molecule has 0 saturated carbocycles. The highest BCUT2D eigenvalue weighted by Gasteiger charge is 2.09. The third kappa shape index (κ3) is 2.34. The van der Waals surface area contributed by atoms with Gasteiger partial charge in [-0.05, 0) is 26.0 Å². The quantitative estimate of drug-likeness (QED) is 0.789. The van der Waals surface area contributed by atoms with Crippen molar-refractivity contribution in [2.75, 3.05) is 0 Å². The molecule has 0 atom stereocenters. The number of Topliss-reactive ketones (excluding diaryl/α,β-unsaturated/α-hetero) is 1. The normalized spacial score (nSPS) is 10.4. The van der Waals surface area contributed by atoms with Crippen molar-refractivity contribution in [3.8, 4) is 11.5 Å². The predicted molar refractivity (Wildman–Crippen MR) is 58.9 cm³/mol. The molecule has 0 fully saturated rings. The molecular weight excluding hydrogens is 204 g/mol. The summed E-state index contributed by atoms with van der Waals surface area (Å²) in [6.07, 6.45) is 0.218. The fourth-order valence-corrected chi connectivity index (χ4v) is 1.36. The standard InChI is InChI=1S/C12H12N2O2/c1-8-3-5-10(6-4-8)12-13-11(14-16-12)7-9(2)15/h3-6H,7H2,1-2H3. The fraction of sp³-hybridized carbons (Fsp3) is 0.250. The number of rotatable bonds is 3. The van der Waals surface area contributed by atoms with Crippen LogP contribution in [0.15, 0.2) is 28.8 Å². The molecule has 16 heavy (non-hydrogen) atoms. The molecule has 0 saturated heterocycles. The molecule has 0 radical (unpaired) electrons. The van der Waals surface area contributed by atoms with Crippen molar-refractivity contribution in [3.63, 3.8) is 0 Å². The summed E-state index contributed by atoms with van der Waals surface area (Å²) in [6.45, 7) is 3.51. The summed E-state index contributed by atoms with van der Waals surface area (Å²) in [5.74, 6) is 0.913. The van der Waals surface area contributed by atoms with Gasteiger partial charge >= 0.3 is 0 Å². The molecule has 1 heterocycles. The summed E-state index contributed by atoms with van der Waals surface area (Å²) >= 11 is 0. The Labute approximate surface area is 93.3 Å². The highest BCUT2D eigenvalue weighted by atomic mass is 16.5.